The summed E-state index contributed by atoms with van der Waals surface area (Å²) in [7, 11) is 1.41. The molecule has 148 valence electrons. The van der Waals surface area contributed by atoms with E-state index in [0.29, 0.717) is 6.42 Å². The van der Waals surface area contributed by atoms with Gasteiger partial charge in [0.15, 0.2) is 0 Å². The number of nitrogens with zero attached hydrogens (tertiary/aromatic N) is 1. The monoisotopic (exact) mass is 394 g/mol. The molecule has 3 aromatic rings. The van der Waals surface area contributed by atoms with Crippen molar-refractivity contribution in [1.29, 1.82) is 0 Å². The van der Waals surface area contributed by atoms with Crippen molar-refractivity contribution in [3.8, 4) is 0 Å². The Morgan fingerprint density at radius 3 is 2.39 bits per heavy atom. The quantitative estimate of drug-likeness (QED) is 0.655. The van der Waals surface area contributed by atoms with Crippen LogP contribution in [-0.2, 0) is 14.3 Å². The van der Waals surface area contributed by atoms with Crippen LogP contribution in [0.5, 0.6) is 0 Å². The smallest absolute Gasteiger partial charge is 0.475 e. The second-order valence-electron chi connectivity index (χ2n) is 5.69. The van der Waals surface area contributed by atoms with Crippen molar-refractivity contribution in [2.45, 2.75) is 18.5 Å². The number of aliphatic carboxylic acids is 1. The predicted octanol–water partition coefficient (Wildman–Crippen LogP) is 3.89. The van der Waals surface area contributed by atoms with Gasteiger partial charge in [0.05, 0.1) is 24.6 Å². The molecule has 0 saturated carbocycles. The zero-order chi connectivity index (χ0) is 20.7. The summed E-state index contributed by atoms with van der Waals surface area (Å²) in [6.07, 6.45) is -1.10. The zero-order valence-corrected chi connectivity index (χ0v) is 14.7. The molecule has 0 amide bonds. The van der Waals surface area contributed by atoms with E-state index in [-0.39, 0.29) is 11.9 Å². The van der Waals surface area contributed by atoms with E-state index in [1.54, 1.807) is 6.20 Å². The second-order valence-corrected chi connectivity index (χ2v) is 5.69. The van der Waals surface area contributed by atoms with E-state index in [0.717, 1.165) is 22.2 Å². The molecule has 1 unspecified atom stereocenters. The normalized spacial score (nSPS) is 12.0. The molecule has 0 aliphatic heterocycles. The van der Waals surface area contributed by atoms with Crippen LogP contribution in [-0.4, -0.2) is 40.3 Å². The number of benzene rings is 1. The van der Waals surface area contributed by atoms with Crippen molar-refractivity contribution in [2.75, 3.05) is 7.11 Å². The number of aromatic nitrogens is 2. The maximum absolute atomic E-state index is 11.8. The van der Waals surface area contributed by atoms with Crippen LogP contribution in [0.3, 0.4) is 0 Å². The van der Waals surface area contributed by atoms with Gasteiger partial charge in [0, 0.05) is 23.9 Å². The van der Waals surface area contributed by atoms with Crippen LogP contribution in [0.4, 0.5) is 13.2 Å². The van der Waals surface area contributed by atoms with Crippen LogP contribution in [0.1, 0.15) is 23.5 Å². The highest BCUT2D eigenvalue weighted by Gasteiger charge is 2.38. The summed E-state index contributed by atoms with van der Waals surface area (Å²) in [6, 6.07) is 13.8. The number of alkyl halides is 3. The maximum Gasteiger partial charge on any atom is 0.490 e. The fraction of sp³-hybridized carbons (Fsp3) is 0.211. The fourth-order valence-corrected chi connectivity index (χ4v) is 2.58. The van der Waals surface area contributed by atoms with E-state index in [4.69, 9.17) is 14.6 Å². The number of methoxy groups -OCH3 is 1. The molecule has 0 aliphatic carbocycles. The summed E-state index contributed by atoms with van der Waals surface area (Å²) < 4.78 is 36.6. The Balaban J connectivity index is 0.000000345. The zero-order valence-electron chi connectivity index (χ0n) is 14.7. The van der Waals surface area contributed by atoms with E-state index in [9.17, 15) is 18.0 Å². The highest BCUT2D eigenvalue weighted by Crippen LogP contribution is 2.32. The molecule has 0 fully saturated rings. The first-order valence-electron chi connectivity index (χ1n) is 8.08. The molecule has 0 spiro atoms. The maximum atomic E-state index is 11.8. The minimum absolute atomic E-state index is 0.0673. The summed E-state index contributed by atoms with van der Waals surface area (Å²) in [5.74, 6) is -3.05. The van der Waals surface area contributed by atoms with Gasteiger partial charge in [0.25, 0.3) is 0 Å². The van der Waals surface area contributed by atoms with Crippen LogP contribution in [0.25, 0.3) is 11.0 Å². The van der Waals surface area contributed by atoms with Crippen molar-refractivity contribution in [3.05, 3.63) is 66.0 Å². The van der Waals surface area contributed by atoms with Gasteiger partial charge in [-0.25, -0.2) is 4.79 Å². The number of pyridine rings is 1. The van der Waals surface area contributed by atoms with Gasteiger partial charge in [-0.2, -0.15) is 13.2 Å². The summed E-state index contributed by atoms with van der Waals surface area (Å²) in [6.45, 7) is 0. The third kappa shape index (κ3) is 5.32. The molecule has 2 aromatic heterocycles. The van der Waals surface area contributed by atoms with Gasteiger partial charge in [-0.05, 0) is 17.7 Å². The molecule has 9 heteroatoms. The Kier molecular flexibility index (Phi) is 6.75. The SMILES string of the molecule is COC(=O)CC(c1ccccc1)c1c[nH]c2cccnc12.O=C(O)C(F)(F)F. The number of fused-ring (bicyclic) bond motifs is 1. The predicted molar refractivity (Wildman–Crippen MR) is 94.7 cm³/mol. The van der Waals surface area contributed by atoms with Gasteiger partial charge >= 0.3 is 18.1 Å². The van der Waals surface area contributed by atoms with E-state index in [2.05, 4.69) is 9.97 Å². The van der Waals surface area contributed by atoms with Crippen molar-refractivity contribution in [1.82, 2.24) is 9.97 Å². The molecular formula is C19H17F3N2O4. The minimum Gasteiger partial charge on any atom is -0.475 e. The number of aromatic amines is 1. The number of nitrogens with one attached hydrogen (secondary N) is 1. The average Bonchev–Trinajstić information content (AvgIpc) is 3.10. The topological polar surface area (TPSA) is 92.3 Å². The molecule has 1 atom stereocenters. The highest BCUT2D eigenvalue weighted by molar-refractivity contribution is 5.81. The van der Waals surface area contributed by atoms with Crippen molar-refractivity contribution in [2.24, 2.45) is 0 Å². The minimum atomic E-state index is -5.08. The van der Waals surface area contributed by atoms with Crippen LogP contribution in [0.15, 0.2) is 54.9 Å². The van der Waals surface area contributed by atoms with Crippen LogP contribution in [0, 0.1) is 0 Å². The molecule has 0 saturated heterocycles. The third-order valence-corrected chi connectivity index (χ3v) is 3.88. The number of carbonyl (C=O) groups excluding carboxylic acids is 1. The first-order chi connectivity index (χ1) is 13.2. The molecule has 3 rings (SSSR count). The van der Waals surface area contributed by atoms with E-state index < -0.39 is 12.1 Å². The summed E-state index contributed by atoms with van der Waals surface area (Å²) >= 11 is 0. The molecule has 2 heterocycles. The Hall–Kier alpha value is -3.36. The van der Waals surface area contributed by atoms with Gasteiger partial charge in [-0.15, -0.1) is 0 Å². The number of carboxylic acid groups (broad SMARTS) is 1. The highest BCUT2D eigenvalue weighted by atomic mass is 19.4. The van der Waals surface area contributed by atoms with E-state index >= 15 is 0 Å². The summed E-state index contributed by atoms with van der Waals surface area (Å²) in [4.78, 5) is 28.3. The van der Waals surface area contributed by atoms with Crippen molar-refractivity contribution in [3.63, 3.8) is 0 Å². The lowest BCUT2D eigenvalue weighted by atomic mass is 9.89. The average molecular weight is 394 g/mol. The number of halogens is 3. The molecule has 28 heavy (non-hydrogen) atoms. The number of H-pyrrole nitrogens is 1. The largest absolute Gasteiger partial charge is 0.490 e. The number of hydrogen-bond acceptors (Lipinski definition) is 4. The van der Waals surface area contributed by atoms with E-state index in [1.807, 2.05) is 48.7 Å². The lowest BCUT2D eigenvalue weighted by molar-refractivity contribution is -0.192. The van der Waals surface area contributed by atoms with Gasteiger partial charge in [-0.3, -0.25) is 9.78 Å². The van der Waals surface area contributed by atoms with Gasteiger partial charge < -0.3 is 14.8 Å². The number of carboxylic acids is 1. The van der Waals surface area contributed by atoms with Gasteiger partial charge in [-0.1, -0.05) is 30.3 Å². The second kappa shape index (κ2) is 9.03. The number of rotatable bonds is 4. The van der Waals surface area contributed by atoms with Gasteiger partial charge in [0.1, 0.15) is 0 Å². The number of ether oxygens (including phenoxy) is 1. The van der Waals surface area contributed by atoms with E-state index in [1.165, 1.54) is 7.11 Å². The number of hydrogen-bond donors (Lipinski definition) is 2. The van der Waals surface area contributed by atoms with Crippen molar-refractivity contribution >= 4 is 23.0 Å². The molecule has 0 bridgehead atoms. The Bertz CT molecular complexity index is 939. The van der Waals surface area contributed by atoms with Gasteiger partial charge in [0.2, 0.25) is 0 Å². The first-order valence-corrected chi connectivity index (χ1v) is 8.08. The molecule has 2 N–H and O–H groups in total. The van der Waals surface area contributed by atoms with Crippen LogP contribution >= 0.6 is 0 Å². The fourth-order valence-electron chi connectivity index (χ4n) is 2.58. The standard InChI is InChI=1S/C17H16N2O2.C2HF3O2/c1-21-16(20)10-13(12-6-3-2-4-7-12)14-11-19-15-8-5-9-18-17(14)15;3-2(4,5)1(6)7/h2-9,11,13,19H,10H2,1H3;(H,6,7). The molecule has 1 aromatic carbocycles. The lowest BCUT2D eigenvalue weighted by Gasteiger charge is -2.15. The number of carbonyl (C=O) groups is 2. The third-order valence-electron chi connectivity index (χ3n) is 3.88. The Morgan fingerprint density at radius 1 is 1.18 bits per heavy atom. The summed E-state index contributed by atoms with van der Waals surface area (Å²) in [5, 5.41) is 7.12. The summed E-state index contributed by atoms with van der Waals surface area (Å²) in [5.41, 5.74) is 3.96. The Morgan fingerprint density at radius 2 is 1.82 bits per heavy atom. The Labute approximate surface area is 158 Å². The van der Waals surface area contributed by atoms with Crippen molar-refractivity contribution < 1.29 is 32.6 Å². The molecule has 0 radical (unpaired) electrons. The molecule has 0 aliphatic rings. The molecule has 6 nitrogen and oxygen atoms in total. The number of esters is 1. The van der Waals surface area contributed by atoms with Crippen LogP contribution < -0.4 is 0 Å². The lowest BCUT2D eigenvalue weighted by Crippen LogP contribution is -2.21. The van der Waals surface area contributed by atoms with Crippen LogP contribution in [0.2, 0.25) is 0 Å². The first kappa shape index (κ1) is 20.9. The molecular weight excluding hydrogens is 377 g/mol.